The molecular formula is C16H16ClF4N3O6S. The number of rotatable bonds is 7. The molecule has 2 atom stereocenters. The molecule has 0 aliphatic carbocycles. The molecule has 1 aromatic rings. The van der Waals surface area contributed by atoms with Crippen molar-refractivity contribution in [3.63, 3.8) is 0 Å². The summed E-state index contributed by atoms with van der Waals surface area (Å²) in [6.07, 6.45) is -0.278. The molecular weight excluding hydrogens is 474 g/mol. The number of amides is 3. The normalized spacial score (nSPS) is 18.3. The lowest BCUT2D eigenvalue weighted by Crippen LogP contribution is -2.43. The van der Waals surface area contributed by atoms with Crippen LogP contribution < -0.4 is 14.8 Å². The third-order valence-corrected chi connectivity index (χ3v) is 5.74. The molecule has 0 spiro atoms. The topological polar surface area (TPSA) is 122 Å². The maximum atomic E-state index is 14.1. The van der Waals surface area contributed by atoms with Crippen molar-refractivity contribution < 1.29 is 45.1 Å². The van der Waals surface area contributed by atoms with Crippen LogP contribution in [0.5, 0.6) is 5.75 Å². The second-order valence-corrected chi connectivity index (χ2v) is 8.68. The van der Waals surface area contributed by atoms with E-state index in [-0.39, 0.29) is 17.0 Å². The molecule has 1 aliphatic rings. The van der Waals surface area contributed by atoms with Gasteiger partial charge >= 0.3 is 15.5 Å². The predicted octanol–water partition coefficient (Wildman–Crippen LogP) is 1.17. The van der Waals surface area contributed by atoms with E-state index in [0.717, 1.165) is 17.9 Å². The number of ether oxygens (including phenoxy) is 1. The number of alkyl halides is 3. The monoisotopic (exact) mass is 489 g/mol. The van der Waals surface area contributed by atoms with Gasteiger partial charge in [0.15, 0.2) is 11.6 Å². The van der Waals surface area contributed by atoms with E-state index in [9.17, 15) is 40.4 Å². The van der Waals surface area contributed by atoms with Crippen LogP contribution in [0, 0.1) is 5.82 Å². The first kappa shape index (κ1) is 24.8. The molecule has 2 N–H and O–H groups in total. The van der Waals surface area contributed by atoms with Crippen molar-refractivity contribution in [1.82, 2.24) is 14.9 Å². The number of hydrogen-bond donors (Lipinski definition) is 2. The summed E-state index contributed by atoms with van der Waals surface area (Å²) in [4.78, 5) is 36.7. The quantitative estimate of drug-likeness (QED) is 0.438. The number of nitrogens with one attached hydrogen (secondary N) is 2. The van der Waals surface area contributed by atoms with E-state index in [0.29, 0.717) is 6.07 Å². The number of halogens is 5. The molecule has 1 heterocycles. The molecule has 1 fully saturated rings. The van der Waals surface area contributed by atoms with Crippen molar-refractivity contribution >= 4 is 39.3 Å². The maximum Gasteiger partial charge on any atom is 0.511 e. The number of hydrogen-bond acceptors (Lipinski definition) is 6. The Morgan fingerprint density at radius 1 is 1.35 bits per heavy atom. The van der Waals surface area contributed by atoms with Crippen molar-refractivity contribution in [2.24, 2.45) is 0 Å². The van der Waals surface area contributed by atoms with E-state index < -0.39 is 63.5 Å². The van der Waals surface area contributed by atoms with Crippen molar-refractivity contribution in [1.29, 1.82) is 0 Å². The molecule has 15 heteroatoms. The predicted molar refractivity (Wildman–Crippen MR) is 98.1 cm³/mol. The summed E-state index contributed by atoms with van der Waals surface area (Å²) in [5.41, 5.74) is -5.87. The van der Waals surface area contributed by atoms with E-state index in [1.54, 1.807) is 0 Å². The summed E-state index contributed by atoms with van der Waals surface area (Å²) in [7, 11) is -4.40. The van der Waals surface area contributed by atoms with Gasteiger partial charge < -0.3 is 10.1 Å². The van der Waals surface area contributed by atoms with E-state index >= 15 is 0 Å². The minimum Gasteiger partial charge on any atom is -0.489 e. The van der Waals surface area contributed by atoms with E-state index in [1.165, 1.54) is 11.8 Å². The van der Waals surface area contributed by atoms with Gasteiger partial charge in [-0.25, -0.2) is 17.5 Å². The number of carbonyl (C=O) groups excluding carboxylic acids is 3. The van der Waals surface area contributed by atoms with E-state index in [1.807, 2.05) is 0 Å². The van der Waals surface area contributed by atoms with Crippen molar-refractivity contribution in [3.8, 4) is 5.75 Å². The van der Waals surface area contributed by atoms with Crippen molar-refractivity contribution in [2.75, 3.05) is 13.7 Å². The molecule has 31 heavy (non-hydrogen) atoms. The molecule has 3 amide bonds. The Labute approximate surface area is 178 Å². The fourth-order valence-electron chi connectivity index (χ4n) is 2.50. The van der Waals surface area contributed by atoms with Crippen LogP contribution in [0.2, 0.25) is 5.02 Å². The first-order valence-corrected chi connectivity index (χ1v) is 10.3. The Hall–Kier alpha value is -2.45. The minimum atomic E-state index is -5.64. The molecule has 1 aromatic carbocycles. The molecule has 1 unspecified atom stereocenters. The Kier molecular flexibility index (Phi) is 7.17. The zero-order valence-electron chi connectivity index (χ0n) is 15.9. The minimum absolute atomic E-state index is 0.278. The highest BCUT2D eigenvalue weighted by Crippen LogP contribution is 2.27. The van der Waals surface area contributed by atoms with Crippen LogP contribution >= 0.6 is 11.6 Å². The zero-order valence-corrected chi connectivity index (χ0v) is 17.5. The third kappa shape index (κ3) is 5.62. The van der Waals surface area contributed by atoms with Gasteiger partial charge in [0, 0.05) is 7.05 Å². The molecule has 0 radical (unpaired) electrons. The van der Waals surface area contributed by atoms with Gasteiger partial charge in [-0.2, -0.15) is 13.2 Å². The molecule has 2 rings (SSSR count). The number of carbonyl (C=O) groups is 3. The van der Waals surface area contributed by atoms with Gasteiger partial charge in [0.25, 0.3) is 11.8 Å². The SMILES string of the molecule is C[C@@H](COc1cc(C(=O)NC2CC(=O)N(C)C2=O)c(Cl)cc1F)NS(=O)(=O)C(F)(F)F. The molecule has 1 aliphatic heterocycles. The lowest BCUT2D eigenvalue weighted by Gasteiger charge is -2.17. The molecule has 172 valence electrons. The van der Waals surface area contributed by atoms with Crippen LogP contribution in [-0.4, -0.2) is 62.3 Å². The number of benzene rings is 1. The van der Waals surface area contributed by atoms with Gasteiger partial charge in [-0.05, 0) is 19.1 Å². The summed E-state index contributed by atoms with van der Waals surface area (Å²) in [6.45, 7) is 0.333. The number of likely N-dealkylation sites (N-methyl/N-ethyl adjacent to an activating group) is 1. The fraction of sp³-hybridized carbons (Fsp3) is 0.438. The molecule has 0 bridgehead atoms. The highest BCUT2D eigenvalue weighted by atomic mass is 35.5. The Morgan fingerprint density at radius 2 is 1.97 bits per heavy atom. The lowest BCUT2D eigenvalue weighted by molar-refractivity contribution is -0.137. The second-order valence-electron chi connectivity index (χ2n) is 6.56. The summed E-state index contributed by atoms with van der Waals surface area (Å²) >= 11 is 5.84. The van der Waals surface area contributed by atoms with Gasteiger partial charge in [0.05, 0.1) is 23.0 Å². The number of imide groups is 1. The largest absolute Gasteiger partial charge is 0.511 e. The van der Waals surface area contributed by atoms with Crippen molar-refractivity contribution in [2.45, 2.75) is 30.9 Å². The van der Waals surface area contributed by atoms with Gasteiger partial charge in [0.1, 0.15) is 12.6 Å². The van der Waals surface area contributed by atoms with Gasteiger partial charge in [0.2, 0.25) is 5.91 Å². The van der Waals surface area contributed by atoms with E-state index in [2.05, 4.69) is 5.32 Å². The molecule has 1 saturated heterocycles. The van der Waals surface area contributed by atoms with Crippen LogP contribution in [0.3, 0.4) is 0 Å². The molecule has 9 nitrogen and oxygen atoms in total. The van der Waals surface area contributed by atoms with E-state index in [4.69, 9.17) is 16.3 Å². The third-order valence-electron chi connectivity index (χ3n) is 4.10. The van der Waals surface area contributed by atoms with Crippen LogP contribution in [0.15, 0.2) is 12.1 Å². The smallest absolute Gasteiger partial charge is 0.489 e. The molecule has 0 saturated carbocycles. The Balaban J connectivity index is 2.11. The number of likely N-dealkylation sites (tertiary alicyclic amines) is 1. The highest BCUT2D eigenvalue weighted by Gasteiger charge is 2.46. The average Bonchev–Trinajstić information content (AvgIpc) is 2.86. The first-order valence-electron chi connectivity index (χ1n) is 8.45. The standard InChI is InChI=1S/C16H16ClF4N3O6S/c1-7(23-31(28,29)16(19,20)21)6-30-12-3-8(9(17)4-10(12)18)14(26)22-11-5-13(25)24(2)15(11)27/h3-4,7,11,23H,5-6H2,1-2H3,(H,22,26)/t7-,11?/m0/s1. The zero-order chi connectivity index (χ0) is 23.7. The molecule has 0 aromatic heterocycles. The second kappa shape index (κ2) is 8.96. The van der Waals surface area contributed by atoms with Gasteiger partial charge in [-0.1, -0.05) is 11.6 Å². The number of sulfonamides is 1. The first-order chi connectivity index (χ1) is 14.1. The van der Waals surface area contributed by atoms with Crippen LogP contribution in [0.25, 0.3) is 0 Å². The fourth-order valence-corrected chi connectivity index (χ4v) is 3.47. The Morgan fingerprint density at radius 3 is 2.48 bits per heavy atom. The maximum absolute atomic E-state index is 14.1. The lowest BCUT2D eigenvalue weighted by atomic mass is 10.1. The number of nitrogens with zero attached hydrogens (tertiary/aromatic N) is 1. The summed E-state index contributed by atoms with van der Waals surface area (Å²) < 4.78 is 79.7. The van der Waals surface area contributed by atoms with Gasteiger partial charge in [-0.15, -0.1) is 0 Å². The van der Waals surface area contributed by atoms with Crippen LogP contribution in [0.4, 0.5) is 17.6 Å². The summed E-state index contributed by atoms with van der Waals surface area (Å²) in [5, 5.41) is 1.91. The average molecular weight is 490 g/mol. The van der Waals surface area contributed by atoms with Crippen molar-refractivity contribution in [3.05, 3.63) is 28.5 Å². The highest BCUT2D eigenvalue weighted by molar-refractivity contribution is 7.90. The van der Waals surface area contributed by atoms with Gasteiger partial charge in [-0.3, -0.25) is 19.3 Å². The van der Waals surface area contributed by atoms with Crippen LogP contribution in [0.1, 0.15) is 23.7 Å². The summed E-state index contributed by atoms with van der Waals surface area (Å²) in [5.74, 6) is -3.77. The summed E-state index contributed by atoms with van der Waals surface area (Å²) in [6, 6.07) is -1.02. The van der Waals surface area contributed by atoms with Crippen LogP contribution in [-0.2, 0) is 19.6 Å². The Bertz CT molecular complexity index is 1020.